The normalized spacial score (nSPS) is 25.6. The van der Waals surface area contributed by atoms with Gasteiger partial charge in [0.2, 0.25) is 5.91 Å². The average Bonchev–Trinajstić information content (AvgIpc) is 2.83. The zero-order valence-corrected chi connectivity index (χ0v) is 20.4. The van der Waals surface area contributed by atoms with Gasteiger partial charge in [0, 0.05) is 70.5 Å². The van der Waals surface area contributed by atoms with Crippen LogP contribution in [0.25, 0.3) is 0 Å². The summed E-state index contributed by atoms with van der Waals surface area (Å²) in [6.45, 7) is 14.8. The Balaban J connectivity index is 1.29. The van der Waals surface area contributed by atoms with Crippen LogP contribution in [0.3, 0.4) is 0 Å². The number of amides is 1. The molecule has 6 nitrogen and oxygen atoms in total. The Morgan fingerprint density at radius 3 is 2.39 bits per heavy atom. The third-order valence-electron chi connectivity index (χ3n) is 7.47. The molecule has 0 aromatic heterocycles. The highest BCUT2D eigenvalue weighted by Gasteiger charge is 2.34. The molecule has 3 aliphatic heterocycles. The van der Waals surface area contributed by atoms with Crippen LogP contribution in [0.15, 0.2) is 24.3 Å². The van der Waals surface area contributed by atoms with Gasteiger partial charge in [-0.1, -0.05) is 13.8 Å². The average molecular weight is 461 g/mol. The van der Waals surface area contributed by atoms with Crippen LogP contribution in [0.1, 0.15) is 33.1 Å². The molecule has 3 heterocycles. The Morgan fingerprint density at radius 2 is 1.73 bits per heavy atom. The SMILES string of the molecule is CC(C)CN1CC[C@H](N2CCOCC2)[C@H](CCC(=O)N2CCN(c3ccc(F)cc3)CC2)C1. The maximum Gasteiger partial charge on any atom is 0.222 e. The highest BCUT2D eigenvalue weighted by atomic mass is 19.1. The van der Waals surface area contributed by atoms with E-state index >= 15 is 0 Å². The van der Waals surface area contributed by atoms with Crippen molar-refractivity contribution >= 4 is 11.6 Å². The number of piperidine rings is 1. The Labute approximate surface area is 198 Å². The molecule has 33 heavy (non-hydrogen) atoms. The van der Waals surface area contributed by atoms with Gasteiger partial charge in [0.15, 0.2) is 0 Å². The second-order valence-corrected chi connectivity index (χ2v) is 10.3. The minimum absolute atomic E-state index is 0.211. The smallest absolute Gasteiger partial charge is 0.222 e. The summed E-state index contributed by atoms with van der Waals surface area (Å²) < 4.78 is 18.8. The third kappa shape index (κ3) is 6.67. The fourth-order valence-electron chi connectivity index (χ4n) is 5.78. The first-order chi connectivity index (χ1) is 16.0. The number of ether oxygens (including phenoxy) is 1. The number of hydrogen-bond donors (Lipinski definition) is 0. The monoisotopic (exact) mass is 460 g/mol. The number of piperazine rings is 1. The Morgan fingerprint density at radius 1 is 1.03 bits per heavy atom. The van der Waals surface area contributed by atoms with Crippen molar-refractivity contribution in [3.05, 3.63) is 30.1 Å². The fourth-order valence-corrected chi connectivity index (χ4v) is 5.78. The first-order valence-corrected chi connectivity index (χ1v) is 12.8. The van der Waals surface area contributed by atoms with Crippen LogP contribution >= 0.6 is 0 Å². The van der Waals surface area contributed by atoms with Gasteiger partial charge in [0.05, 0.1) is 13.2 Å². The lowest BCUT2D eigenvalue weighted by Crippen LogP contribution is -2.54. The number of benzene rings is 1. The van der Waals surface area contributed by atoms with Crippen molar-refractivity contribution in [2.45, 2.75) is 39.2 Å². The molecule has 0 unspecified atom stereocenters. The van der Waals surface area contributed by atoms with Crippen LogP contribution in [-0.2, 0) is 9.53 Å². The molecule has 1 aromatic carbocycles. The number of morpholine rings is 1. The van der Waals surface area contributed by atoms with Crippen molar-refractivity contribution in [2.24, 2.45) is 11.8 Å². The first-order valence-electron chi connectivity index (χ1n) is 12.8. The molecular weight excluding hydrogens is 419 g/mol. The zero-order valence-electron chi connectivity index (χ0n) is 20.4. The van der Waals surface area contributed by atoms with Gasteiger partial charge in [-0.3, -0.25) is 9.69 Å². The minimum Gasteiger partial charge on any atom is -0.379 e. The summed E-state index contributed by atoms with van der Waals surface area (Å²) in [6.07, 6.45) is 2.80. The Bertz CT molecular complexity index is 745. The van der Waals surface area contributed by atoms with E-state index < -0.39 is 0 Å². The summed E-state index contributed by atoms with van der Waals surface area (Å²) in [4.78, 5) is 22.6. The summed E-state index contributed by atoms with van der Waals surface area (Å²) in [6, 6.07) is 7.23. The number of rotatable bonds is 7. The van der Waals surface area contributed by atoms with E-state index in [0.717, 1.165) is 84.2 Å². The van der Waals surface area contributed by atoms with Crippen molar-refractivity contribution < 1.29 is 13.9 Å². The van der Waals surface area contributed by atoms with E-state index in [9.17, 15) is 9.18 Å². The molecule has 1 aromatic rings. The highest BCUT2D eigenvalue weighted by molar-refractivity contribution is 5.76. The molecule has 4 rings (SSSR count). The van der Waals surface area contributed by atoms with E-state index in [2.05, 4.69) is 28.5 Å². The predicted octanol–water partition coefficient (Wildman–Crippen LogP) is 2.93. The van der Waals surface area contributed by atoms with E-state index in [-0.39, 0.29) is 11.7 Å². The second kappa shape index (κ2) is 11.6. The predicted molar refractivity (Wildman–Crippen MR) is 130 cm³/mol. The number of carbonyl (C=O) groups excluding carboxylic acids is 1. The van der Waals surface area contributed by atoms with Gasteiger partial charge < -0.3 is 19.4 Å². The molecule has 1 amide bonds. The number of anilines is 1. The molecule has 0 bridgehead atoms. The van der Waals surface area contributed by atoms with Crippen molar-refractivity contribution in [2.75, 3.05) is 77.0 Å². The van der Waals surface area contributed by atoms with Gasteiger partial charge >= 0.3 is 0 Å². The van der Waals surface area contributed by atoms with Crippen molar-refractivity contribution in [1.29, 1.82) is 0 Å². The molecule has 0 spiro atoms. The summed E-state index contributed by atoms with van der Waals surface area (Å²) in [5, 5.41) is 0. The zero-order chi connectivity index (χ0) is 23.2. The van der Waals surface area contributed by atoms with Crippen LogP contribution in [0.5, 0.6) is 0 Å². The summed E-state index contributed by atoms with van der Waals surface area (Å²) in [5.74, 6) is 1.29. The summed E-state index contributed by atoms with van der Waals surface area (Å²) in [7, 11) is 0. The van der Waals surface area contributed by atoms with Gasteiger partial charge in [-0.15, -0.1) is 0 Å². The Kier molecular flexibility index (Phi) is 8.61. The fraction of sp³-hybridized carbons (Fsp3) is 0.731. The molecule has 184 valence electrons. The molecule has 0 saturated carbocycles. The van der Waals surface area contributed by atoms with E-state index in [4.69, 9.17) is 4.74 Å². The number of halogens is 1. The van der Waals surface area contributed by atoms with Crippen molar-refractivity contribution in [3.63, 3.8) is 0 Å². The minimum atomic E-state index is -0.211. The number of hydrogen-bond acceptors (Lipinski definition) is 5. The maximum absolute atomic E-state index is 13.2. The standard InChI is InChI=1S/C26H41FN4O2/c1-21(2)19-28-10-9-25(30-15-17-33-18-16-30)22(20-28)3-8-26(32)31-13-11-29(12-14-31)24-6-4-23(27)5-7-24/h4-7,21-22,25H,3,8-20H2,1-2H3/t22-,25+/m1/s1. The Hall–Kier alpha value is -1.70. The van der Waals surface area contributed by atoms with Crippen LogP contribution in [0.4, 0.5) is 10.1 Å². The van der Waals surface area contributed by atoms with E-state index in [1.807, 2.05) is 17.0 Å². The van der Waals surface area contributed by atoms with Gasteiger partial charge in [-0.25, -0.2) is 4.39 Å². The number of nitrogens with zero attached hydrogens (tertiary/aromatic N) is 4. The number of likely N-dealkylation sites (tertiary alicyclic amines) is 1. The maximum atomic E-state index is 13.2. The quantitative estimate of drug-likeness (QED) is 0.626. The summed E-state index contributed by atoms with van der Waals surface area (Å²) >= 11 is 0. The van der Waals surface area contributed by atoms with Crippen LogP contribution in [-0.4, -0.2) is 98.8 Å². The summed E-state index contributed by atoms with van der Waals surface area (Å²) in [5.41, 5.74) is 1.03. The largest absolute Gasteiger partial charge is 0.379 e. The molecular formula is C26H41FN4O2. The number of carbonyl (C=O) groups is 1. The van der Waals surface area contributed by atoms with Crippen LogP contribution in [0.2, 0.25) is 0 Å². The van der Waals surface area contributed by atoms with E-state index in [1.165, 1.54) is 18.6 Å². The molecule has 7 heteroatoms. The van der Waals surface area contributed by atoms with Gasteiger partial charge in [-0.05, 0) is 55.5 Å². The second-order valence-electron chi connectivity index (χ2n) is 10.3. The van der Waals surface area contributed by atoms with Gasteiger partial charge in [0.1, 0.15) is 5.82 Å². The molecule has 3 fully saturated rings. The van der Waals surface area contributed by atoms with Gasteiger partial charge in [0.25, 0.3) is 0 Å². The lowest BCUT2D eigenvalue weighted by Gasteiger charge is -2.45. The molecule has 2 atom stereocenters. The molecule has 3 saturated heterocycles. The van der Waals surface area contributed by atoms with Crippen LogP contribution < -0.4 is 4.90 Å². The molecule has 3 aliphatic rings. The lowest BCUT2D eigenvalue weighted by atomic mass is 9.86. The van der Waals surface area contributed by atoms with Crippen LogP contribution in [0, 0.1) is 17.7 Å². The van der Waals surface area contributed by atoms with Crippen molar-refractivity contribution in [1.82, 2.24) is 14.7 Å². The molecule has 0 N–H and O–H groups in total. The van der Waals surface area contributed by atoms with E-state index in [1.54, 1.807) is 0 Å². The third-order valence-corrected chi connectivity index (χ3v) is 7.47. The lowest BCUT2D eigenvalue weighted by molar-refractivity contribution is -0.132. The topological polar surface area (TPSA) is 39.3 Å². The van der Waals surface area contributed by atoms with Crippen molar-refractivity contribution in [3.8, 4) is 0 Å². The van der Waals surface area contributed by atoms with E-state index in [0.29, 0.717) is 24.3 Å². The first kappa shape index (κ1) is 24.4. The molecule has 0 radical (unpaired) electrons. The molecule has 0 aliphatic carbocycles. The highest BCUT2D eigenvalue weighted by Crippen LogP contribution is 2.28. The van der Waals surface area contributed by atoms with Gasteiger partial charge in [-0.2, -0.15) is 0 Å².